The van der Waals surface area contributed by atoms with Crippen LogP contribution in [0.5, 0.6) is 5.88 Å². The van der Waals surface area contributed by atoms with Gasteiger partial charge in [0, 0.05) is 41.2 Å². The molecule has 0 bridgehead atoms. The van der Waals surface area contributed by atoms with Crippen LogP contribution in [0, 0.1) is 0 Å². The maximum Gasteiger partial charge on any atom is 0.340 e. The maximum absolute atomic E-state index is 12.1. The number of carbonyl (C=O) groups excluding carboxylic acids is 1. The Morgan fingerprint density at radius 1 is 1.16 bits per heavy atom. The zero-order valence-electron chi connectivity index (χ0n) is 18.9. The number of hydrogen-bond acceptors (Lipinski definition) is 7. The minimum Gasteiger partial charge on any atom is -0.474 e. The molecule has 0 radical (unpaired) electrons. The average Bonchev–Trinajstić information content (AvgIpc) is 3.54. The van der Waals surface area contributed by atoms with Gasteiger partial charge in [-0.25, -0.2) is 9.78 Å². The van der Waals surface area contributed by atoms with E-state index < -0.39 is 5.54 Å². The van der Waals surface area contributed by atoms with Crippen molar-refractivity contribution in [1.29, 1.82) is 0 Å². The van der Waals surface area contributed by atoms with Crippen LogP contribution in [0.1, 0.15) is 73.5 Å². The van der Waals surface area contributed by atoms with Crippen LogP contribution in [0.4, 0.5) is 0 Å². The van der Waals surface area contributed by atoms with Gasteiger partial charge in [0.15, 0.2) is 0 Å². The Kier molecular flexibility index (Phi) is 4.71. The van der Waals surface area contributed by atoms with Crippen molar-refractivity contribution in [2.24, 2.45) is 5.73 Å². The van der Waals surface area contributed by atoms with E-state index in [1.54, 1.807) is 0 Å². The number of ether oxygens (including phenoxy) is 2. The molecule has 1 fully saturated rings. The van der Waals surface area contributed by atoms with E-state index in [0.717, 1.165) is 46.3 Å². The molecule has 2 aliphatic rings. The Balaban J connectivity index is 1.54. The Morgan fingerprint density at radius 3 is 2.66 bits per heavy atom. The Bertz CT molecular complexity index is 1230. The molecule has 32 heavy (non-hydrogen) atoms. The molecule has 0 atom stereocenters. The predicted octanol–water partition coefficient (Wildman–Crippen LogP) is 3.80. The second kappa shape index (κ2) is 7.24. The Morgan fingerprint density at radius 2 is 1.94 bits per heavy atom. The molecule has 0 unspecified atom stereocenters. The van der Waals surface area contributed by atoms with E-state index in [0.29, 0.717) is 24.5 Å². The van der Waals surface area contributed by atoms with Crippen LogP contribution in [-0.4, -0.2) is 33.6 Å². The second-order valence-electron chi connectivity index (χ2n) is 10.1. The molecule has 166 valence electrons. The Labute approximate surface area is 187 Å². The largest absolute Gasteiger partial charge is 0.474 e. The molecular weight excluding hydrogens is 404 g/mol. The summed E-state index contributed by atoms with van der Waals surface area (Å²) in [5.74, 6) is 0.300. The highest BCUT2D eigenvalue weighted by atomic mass is 16.5. The lowest BCUT2D eigenvalue weighted by atomic mass is 9.85. The molecule has 0 saturated heterocycles. The number of pyridine rings is 3. The van der Waals surface area contributed by atoms with Gasteiger partial charge in [0.2, 0.25) is 5.88 Å². The van der Waals surface area contributed by atoms with Crippen LogP contribution in [0.15, 0.2) is 30.6 Å². The first-order valence-electron chi connectivity index (χ1n) is 11.0. The number of hydrogen-bond donors (Lipinski definition) is 1. The van der Waals surface area contributed by atoms with E-state index in [-0.39, 0.29) is 17.5 Å². The quantitative estimate of drug-likeness (QED) is 0.612. The summed E-state index contributed by atoms with van der Waals surface area (Å²) in [6.45, 7) is 8.34. The normalized spacial score (nSPS) is 17.7. The van der Waals surface area contributed by atoms with Gasteiger partial charge in [-0.3, -0.25) is 9.97 Å². The van der Waals surface area contributed by atoms with Crippen LogP contribution in [0.25, 0.3) is 10.8 Å². The number of esters is 1. The average molecular weight is 433 g/mol. The predicted molar refractivity (Wildman–Crippen MR) is 121 cm³/mol. The lowest BCUT2D eigenvalue weighted by molar-refractivity contribution is 0.0366. The standard InChI is InChI=1S/C25H28N4O3/c1-24(2)13-31-23(30)17-8-5-14(29-21(17)24)9-15-10-18-19(11-27-15)22(32-16-6-7-16)28-12-20(18)25(3,4)26/h5,8,10-12,16H,6-7,9,13,26H2,1-4H3. The molecule has 4 heterocycles. The maximum atomic E-state index is 12.1. The summed E-state index contributed by atoms with van der Waals surface area (Å²) in [5.41, 5.74) is 9.56. The third-order valence-electron chi connectivity index (χ3n) is 6.03. The van der Waals surface area contributed by atoms with Gasteiger partial charge in [-0.05, 0) is 55.8 Å². The molecule has 0 amide bonds. The molecule has 1 saturated carbocycles. The third-order valence-corrected chi connectivity index (χ3v) is 6.03. The van der Waals surface area contributed by atoms with E-state index in [1.165, 1.54) is 0 Å². The number of rotatable bonds is 5. The SMILES string of the molecule is CC(C)(N)c1cnc(OC2CC2)c2cnc(Cc3ccc4c(n3)C(C)(C)COC4=O)cc12. The van der Waals surface area contributed by atoms with Gasteiger partial charge in [0.25, 0.3) is 0 Å². The van der Waals surface area contributed by atoms with Crippen molar-refractivity contribution in [3.63, 3.8) is 0 Å². The van der Waals surface area contributed by atoms with E-state index in [2.05, 4.69) is 16.0 Å². The molecule has 7 nitrogen and oxygen atoms in total. The molecule has 1 aliphatic carbocycles. The van der Waals surface area contributed by atoms with Gasteiger partial charge in [0.1, 0.15) is 12.7 Å². The van der Waals surface area contributed by atoms with Gasteiger partial charge in [-0.15, -0.1) is 0 Å². The molecule has 7 heteroatoms. The summed E-state index contributed by atoms with van der Waals surface area (Å²) >= 11 is 0. The van der Waals surface area contributed by atoms with Crippen LogP contribution in [0.3, 0.4) is 0 Å². The minimum absolute atomic E-state index is 0.247. The number of fused-ring (bicyclic) bond motifs is 2. The van der Waals surface area contributed by atoms with Crippen molar-refractivity contribution in [2.45, 2.75) is 64.0 Å². The topological polar surface area (TPSA) is 100 Å². The first-order chi connectivity index (χ1) is 15.1. The summed E-state index contributed by atoms with van der Waals surface area (Å²) in [6.07, 6.45) is 6.55. The molecule has 3 aromatic rings. The lowest BCUT2D eigenvalue weighted by Crippen LogP contribution is -2.35. The highest BCUT2D eigenvalue weighted by Crippen LogP contribution is 2.35. The first-order valence-corrected chi connectivity index (χ1v) is 11.0. The van der Waals surface area contributed by atoms with E-state index in [9.17, 15) is 4.79 Å². The molecular formula is C25H28N4O3. The molecule has 3 aromatic heterocycles. The number of nitrogens with zero attached hydrogens (tertiary/aromatic N) is 3. The van der Waals surface area contributed by atoms with Crippen LogP contribution in [-0.2, 0) is 22.1 Å². The number of nitrogens with two attached hydrogens (primary N) is 1. The fourth-order valence-electron chi connectivity index (χ4n) is 4.06. The number of cyclic esters (lactones) is 1. The van der Waals surface area contributed by atoms with Crippen molar-refractivity contribution >= 4 is 16.7 Å². The first kappa shape index (κ1) is 20.8. The van der Waals surface area contributed by atoms with Crippen molar-refractivity contribution in [2.75, 3.05) is 6.61 Å². The van der Waals surface area contributed by atoms with Gasteiger partial charge in [0.05, 0.1) is 16.6 Å². The van der Waals surface area contributed by atoms with Gasteiger partial charge in [-0.1, -0.05) is 13.8 Å². The minimum atomic E-state index is -0.559. The number of aromatic nitrogens is 3. The summed E-state index contributed by atoms with van der Waals surface area (Å²) in [7, 11) is 0. The van der Waals surface area contributed by atoms with Crippen molar-refractivity contribution in [3.05, 3.63) is 58.8 Å². The Hall–Kier alpha value is -3.06. The van der Waals surface area contributed by atoms with Gasteiger partial charge >= 0.3 is 5.97 Å². The van der Waals surface area contributed by atoms with Crippen molar-refractivity contribution < 1.29 is 14.3 Å². The molecule has 5 rings (SSSR count). The monoisotopic (exact) mass is 432 g/mol. The summed E-state index contributed by atoms with van der Waals surface area (Å²) in [6, 6.07) is 5.73. The summed E-state index contributed by atoms with van der Waals surface area (Å²) < 4.78 is 11.3. The zero-order valence-corrected chi connectivity index (χ0v) is 18.9. The molecule has 0 spiro atoms. The molecule has 1 aliphatic heterocycles. The fourth-order valence-corrected chi connectivity index (χ4v) is 4.06. The second-order valence-corrected chi connectivity index (χ2v) is 10.1. The zero-order chi connectivity index (χ0) is 22.7. The van der Waals surface area contributed by atoms with Crippen LogP contribution >= 0.6 is 0 Å². The highest BCUT2D eigenvalue weighted by molar-refractivity contribution is 5.92. The van der Waals surface area contributed by atoms with E-state index in [1.807, 2.05) is 52.2 Å². The van der Waals surface area contributed by atoms with E-state index in [4.69, 9.17) is 20.2 Å². The lowest BCUT2D eigenvalue weighted by Gasteiger charge is -2.30. The van der Waals surface area contributed by atoms with Crippen molar-refractivity contribution in [3.8, 4) is 5.88 Å². The van der Waals surface area contributed by atoms with Crippen LogP contribution < -0.4 is 10.5 Å². The summed E-state index contributed by atoms with van der Waals surface area (Å²) in [4.78, 5) is 26.2. The van der Waals surface area contributed by atoms with Crippen LogP contribution in [0.2, 0.25) is 0 Å². The summed E-state index contributed by atoms with van der Waals surface area (Å²) in [5, 5.41) is 1.87. The molecule has 0 aromatic carbocycles. The van der Waals surface area contributed by atoms with Gasteiger partial charge < -0.3 is 15.2 Å². The number of carbonyl (C=O) groups is 1. The van der Waals surface area contributed by atoms with Gasteiger partial charge in [-0.2, -0.15) is 0 Å². The fraction of sp³-hybridized carbons (Fsp3) is 0.440. The third kappa shape index (κ3) is 3.81. The van der Waals surface area contributed by atoms with E-state index >= 15 is 0 Å². The van der Waals surface area contributed by atoms with Crippen molar-refractivity contribution in [1.82, 2.24) is 15.0 Å². The molecule has 2 N–H and O–H groups in total. The highest BCUT2D eigenvalue weighted by Gasteiger charge is 2.35. The smallest absolute Gasteiger partial charge is 0.340 e.